The molecule has 0 spiro atoms. The van der Waals surface area contributed by atoms with Gasteiger partial charge in [0, 0.05) is 17.3 Å². The highest BCUT2D eigenvalue weighted by Crippen LogP contribution is 2.31. The fourth-order valence-electron chi connectivity index (χ4n) is 2.64. The summed E-state index contributed by atoms with van der Waals surface area (Å²) in [6.07, 6.45) is -0.0345. The van der Waals surface area contributed by atoms with E-state index >= 15 is 0 Å². The fourth-order valence-corrected chi connectivity index (χ4v) is 3.72. The Balaban J connectivity index is 1.56. The van der Waals surface area contributed by atoms with Crippen molar-refractivity contribution in [2.24, 2.45) is 0 Å². The molecule has 1 saturated heterocycles. The second kappa shape index (κ2) is 5.78. The first kappa shape index (κ1) is 15.5. The van der Waals surface area contributed by atoms with E-state index in [9.17, 15) is 0 Å². The molecular formula is C16H19N5O2S. The number of anilines is 1. The first-order valence-electron chi connectivity index (χ1n) is 7.92. The van der Waals surface area contributed by atoms with Crippen LogP contribution in [0.2, 0.25) is 0 Å². The number of hydrogen-bond acceptors (Lipinski definition) is 8. The van der Waals surface area contributed by atoms with Crippen LogP contribution in [0.15, 0.2) is 22.1 Å². The van der Waals surface area contributed by atoms with Crippen LogP contribution in [0.1, 0.15) is 37.6 Å². The summed E-state index contributed by atoms with van der Waals surface area (Å²) in [5.74, 6) is 0.860. The van der Waals surface area contributed by atoms with Crippen molar-refractivity contribution in [3.63, 3.8) is 0 Å². The zero-order valence-corrected chi connectivity index (χ0v) is 14.7. The number of rotatable bonds is 2. The molecule has 7 nitrogen and oxygen atoms in total. The smallest absolute Gasteiger partial charge is 0.226 e. The average Bonchev–Trinajstić information content (AvgIpc) is 3.23. The summed E-state index contributed by atoms with van der Waals surface area (Å²) in [6.45, 7) is 8.67. The van der Waals surface area contributed by atoms with Crippen molar-refractivity contribution < 1.29 is 9.37 Å². The molecule has 1 atom stereocenters. The Morgan fingerprint density at radius 2 is 2.08 bits per heavy atom. The van der Waals surface area contributed by atoms with Crippen LogP contribution in [0, 0.1) is 0 Å². The van der Waals surface area contributed by atoms with Crippen molar-refractivity contribution in [3.05, 3.63) is 28.2 Å². The molecule has 4 rings (SSSR count). The van der Waals surface area contributed by atoms with E-state index < -0.39 is 0 Å². The molecule has 0 aliphatic carbocycles. The lowest BCUT2D eigenvalue weighted by molar-refractivity contribution is 0.0392. The van der Waals surface area contributed by atoms with Crippen molar-refractivity contribution in [1.82, 2.24) is 20.3 Å². The molecule has 4 heterocycles. The molecule has 0 amide bonds. The number of thiazole rings is 1. The van der Waals surface area contributed by atoms with Gasteiger partial charge in [-0.15, -0.1) is 11.3 Å². The molecule has 0 radical (unpaired) electrons. The van der Waals surface area contributed by atoms with Crippen LogP contribution in [-0.2, 0) is 10.2 Å². The highest BCUT2D eigenvalue weighted by molar-refractivity contribution is 7.09. The van der Waals surface area contributed by atoms with Crippen molar-refractivity contribution in [2.45, 2.75) is 32.3 Å². The molecule has 0 aromatic carbocycles. The van der Waals surface area contributed by atoms with Crippen molar-refractivity contribution in [1.29, 1.82) is 0 Å². The van der Waals surface area contributed by atoms with Gasteiger partial charge in [-0.3, -0.25) is 0 Å². The van der Waals surface area contributed by atoms with Gasteiger partial charge < -0.3 is 9.64 Å². The Labute approximate surface area is 143 Å². The lowest BCUT2D eigenvalue weighted by Gasteiger charge is -2.32. The van der Waals surface area contributed by atoms with Gasteiger partial charge in [-0.1, -0.05) is 20.8 Å². The van der Waals surface area contributed by atoms with Crippen molar-refractivity contribution in [3.8, 4) is 0 Å². The number of nitrogens with zero attached hydrogens (tertiary/aromatic N) is 5. The zero-order valence-electron chi connectivity index (χ0n) is 13.9. The molecule has 1 fully saturated rings. The quantitative estimate of drug-likeness (QED) is 0.706. The van der Waals surface area contributed by atoms with Gasteiger partial charge in [-0.2, -0.15) is 0 Å². The van der Waals surface area contributed by atoms with Crippen LogP contribution in [-0.4, -0.2) is 40.0 Å². The Hall–Kier alpha value is -2.06. The molecule has 0 bridgehead atoms. The summed E-state index contributed by atoms with van der Waals surface area (Å²) >= 11 is 1.66. The van der Waals surface area contributed by atoms with Crippen LogP contribution in [0.3, 0.4) is 0 Å². The summed E-state index contributed by atoms with van der Waals surface area (Å²) in [4.78, 5) is 11.5. The van der Waals surface area contributed by atoms with Gasteiger partial charge in [0.2, 0.25) is 5.65 Å². The Morgan fingerprint density at radius 3 is 2.88 bits per heavy atom. The Morgan fingerprint density at radius 1 is 1.21 bits per heavy atom. The molecular weight excluding hydrogens is 326 g/mol. The maximum Gasteiger partial charge on any atom is 0.226 e. The molecule has 1 unspecified atom stereocenters. The predicted octanol–water partition coefficient (Wildman–Crippen LogP) is 2.95. The van der Waals surface area contributed by atoms with E-state index in [-0.39, 0.29) is 11.5 Å². The Kier molecular flexibility index (Phi) is 3.73. The van der Waals surface area contributed by atoms with Crippen LogP contribution in [0.4, 0.5) is 5.82 Å². The zero-order chi connectivity index (χ0) is 16.7. The van der Waals surface area contributed by atoms with E-state index in [2.05, 4.69) is 46.3 Å². The third-order valence-electron chi connectivity index (χ3n) is 4.06. The molecule has 24 heavy (non-hydrogen) atoms. The normalized spacial score (nSPS) is 19.1. The minimum Gasteiger partial charge on any atom is -0.367 e. The van der Waals surface area contributed by atoms with Crippen molar-refractivity contribution in [2.75, 3.05) is 24.6 Å². The van der Waals surface area contributed by atoms with Crippen LogP contribution >= 0.6 is 11.3 Å². The van der Waals surface area contributed by atoms with E-state index in [1.54, 1.807) is 11.3 Å². The van der Waals surface area contributed by atoms with Crippen molar-refractivity contribution >= 4 is 28.3 Å². The van der Waals surface area contributed by atoms with Crippen LogP contribution in [0.5, 0.6) is 0 Å². The maximum atomic E-state index is 5.95. The number of ether oxygens (including phenoxy) is 1. The summed E-state index contributed by atoms with van der Waals surface area (Å²) in [6, 6.07) is 3.82. The van der Waals surface area contributed by atoms with Crippen LogP contribution in [0.25, 0.3) is 11.2 Å². The third-order valence-corrected chi connectivity index (χ3v) is 5.00. The number of morpholine rings is 1. The summed E-state index contributed by atoms with van der Waals surface area (Å²) < 4.78 is 10.7. The minimum absolute atomic E-state index is 0.0345. The van der Waals surface area contributed by atoms with Crippen LogP contribution < -0.4 is 4.90 Å². The van der Waals surface area contributed by atoms with E-state index in [4.69, 9.17) is 14.3 Å². The first-order valence-corrected chi connectivity index (χ1v) is 8.80. The molecule has 1 aliphatic rings. The third kappa shape index (κ3) is 2.87. The van der Waals surface area contributed by atoms with Gasteiger partial charge in [-0.25, -0.2) is 14.6 Å². The Bertz CT molecular complexity index is 853. The maximum absolute atomic E-state index is 5.95. The fraction of sp³-hybridized carbons (Fsp3) is 0.500. The van der Waals surface area contributed by atoms with E-state index in [1.807, 2.05) is 12.1 Å². The van der Waals surface area contributed by atoms with Gasteiger partial charge in [0.1, 0.15) is 16.9 Å². The predicted molar refractivity (Wildman–Crippen MR) is 91.3 cm³/mol. The molecule has 126 valence electrons. The molecule has 0 N–H and O–H groups in total. The molecule has 8 heteroatoms. The summed E-state index contributed by atoms with van der Waals surface area (Å²) in [5.41, 5.74) is 2.35. The number of pyridine rings is 1. The number of aromatic nitrogens is 4. The van der Waals surface area contributed by atoms with E-state index in [0.29, 0.717) is 17.8 Å². The van der Waals surface area contributed by atoms with E-state index in [1.165, 1.54) is 0 Å². The standard InChI is InChI=1S/C16H19N5O2S/c1-16(2,3)12-9-24-15(17-12)11-8-21(6-7-22-11)13-5-4-10-14(18-13)20-23-19-10/h4-5,9,11H,6-8H2,1-3H3. The monoisotopic (exact) mass is 345 g/mol. The molecule has 3 aromatic heterocycles. The largest absolute Gasteiger partial charge is 0.367 e. The second-order valence-corrected chi connectivity index (χ2v) is 7.79. The first-order chi connectivity index (χ1) is 11.5. The molecule has 3 aromatic rings. The van der Waals surface area contributed by atoms with E-state index in [0.717, 1.165) is 29.6 Å². The highest BCUT2D eigenvalue weighted by atomic mass is 32.1. The van der Waals surface area contributed by atoms with Gasteiger partial charge in [0.25, 0.3) is 0 Å². The number of hydrogen-bond donors (Lipinski definition) is 0. The van der Waals surface area contributed by atoms with Gasteiger partial charge >= 0.3 is 0 Å². The highest BCUT2D eigenvalue weighted by Gasteiger charge is 2.27. The lowest BCUT2D eigenvalue weighted by Crippen LogP contribution is -2.38. The summed E-state index contributed by atoms with van der Waals surface area (Å²) in [5, 5.41) is 10.8. The van der Waals surface area contributed by atoms with Gasteiger partial charge in [-0.05, 0) is 22.4 Å². The lowest BCUT2D eigenvalue weighted by atomic mass is 9.93. The van der Waals surface area contributed by atoms with Gasteiger partial charge in [0.05, 0.1) is 18.8 Å². The molecule has 1 aliphatic heterocycles. The minimum atomic E-state index is -0.0345. The molecule has 0 saturated carbocycles. The van der Waals surface area contributed by atoms with Gasteiger partial charge in [0.15, 0.2) is 5.52 Å². The average molecular weight is 345 g/mol. The SMILES string of the molecule is CC(C)(C)c1csc(C2CN(c3ccc4nonc4n3)CCO2)n1. The number of fused-ring (bicyclic) bond motifs is 1. The second-order valence-electron chi connectivity index (χ2n) is 6.90. The topological polar surface area (TPSA) is 77.2 Å². The summed E-state index contributed by atoms with van der Waals surface area (Å²) in [7, 11) is 0.